The molecule has 2 aromatic rings. The highest BCUT2D eigenvalue weighted by Crippen LogP contribution is 2.25. The largest absolute Gasteiger partial charge is 0.310 e. The minimum absolute atomic E-state index is 0.446. The van der Waals surface area contributed by atoms with E-state index in [0.717, 1.165) is 19.4 Å². The zero-order valence-electron chi connectivity index (χ0n) is 12.8. The van der Waals surface area contributed by atoms with Crippen LogP contribution >= 0.6 is 0 Å². The Balaban J connectivity index is 2.15. The van der Waals surface area contributed by atoms with Crippen molar-refractivity contribution in [3.8, 4) is 0 Å². The first-order valence-electron chi connectivity index (χ1n) is 7.55. The van der Waals surface area contributed by atoms with E-state index in [1.54, 1.807) is 0 Å². The average Bonchev–Trinajstić information content (AvgIpc) is 2.45. The van der Waals surface area contributed by atoms with E-state index in [2.05, 4.69) is 74.6 Å². The molecule has 0 saturated heterocycles. The molecule has 0 amide bonds. The molecular weight excluding hydrogens is 242 g/mol. The smallest absolute Gasteiger partial charge is 0.0328 e. The van der Waals surface area contributed by atoms with Gasteiger partial charge >= 0.3 is 0 Å². The molecule has 0 bridgehead atoms. The summed E-state index contributed by atoms with van der Waals surface area (Å²) in [5.41, 5.74) is 5.68. The minimum atomic E-state index is 0.446. The van der Waals surface area contributed by atoms with Crippen LogP contribution in [0.25, 0.3) is 0 Å². The third-order valence-corrected chi connectivity index (χ3v) is 3.91. The van der Waals surface area contributed by atoms with Crippen LogP contribution in [-0.4, -0.2) is 6.54 Å². The molecule has 1 nitrogen and oxygen atoms in total. The maximum atomic E-state index is 3.65. The van der Waals surface area contributed by atoms with Crippen LogP contribution < -0.4 is 5.32 Å². The van der Waals surface area contributed by atoms with E-state index in [9.17, 15) is 0 Å². The van der Waals surface area contributed by atoms with Crippen LogP contribution in [0.3, 0.4) is 0 Å². The molecule has 0 heterocycles. The second kappa shape index (κ2) is 7.25. The van der Waals surface area contributed by atoms with Crippen LogP contribution in [0.4, 0.5) is 0 Å². The average molecular weight is 267 g/mol. The molecule has 2 aromatic carbocycles. The molecular formula is C19H25N. The van der Waals surface area contributed by atoms with E-state index >= 15 is 0 Å². The van der Waals surface area contributed by atoms with Gasteiger partial charge in [-0.05, 0) is 55.5 Å². The molecule has 1 atom stereocenters. The highest BCUT2D eigenvalue weighted by atomic mass is 14.9. The molecule has 0 spiro atoms. The Labute approximate surface area is 123 Å². The number of aryl methyl sites for hydroxylation is 3. The van der Waals surface area contributed by atoms with Crippen LogP contribution in [0.15, 0.2) is 48.5 Å². The van der Waals surface area contributed by atoms with Gasteiger partial charge < -0.3 is 5.32 Å². The van der Waals surface area contributed by atoms with Crippen molar-refractivity contribution in [1.29, 1.82) is 0 Å². The fourth-order valence-electron chi connectivity index (χ4n) is 2.93. The Bertz CT molecular complexity index is 510. The maximum Gasteiger partial charge on any atom is 0.0328 e. The van der Waals surface area contributed by atoms with E-state index in [1.807, 2.05) is 0 Å². The van der Waals surface area contributed by atoms with Gasteiger partial charge in [-0.25, -0.2) is 0 Å². The van der Waals surface area contributed by atoms with E-state index < -0.39 is 0 Å². The summed E-state index contributed by atoms with van der Waals surface area (Å²) in [6.07, 6.45) is 2.26. The van der Waals surface area contributed by atoms with Crippen LogP contribution in [0.1, 0.15) is 41.6 Å². The van der Waals surface area contributed by atoms with Crippen molar-refractivity contribution in [3.05, 3.63) is 70.8 Å². The lowest BCUT2D eigenvalue weighted by atomic mass is 9.92. The predicted molar refractivity (Wildman–Crippen MR) is 87.1 cm³/mol. The summed E-state index contributed by atoms with van der Waals surface area (Å²) in [5, 5.41) is 3.65. The number of hydrogen-bond acceptors (Lipinski definition) is 1. The Morgan fingerprint density at radius 3 is 2.15 bits per heavy atom. The van der Waals surface area contributed by atoms with Gasteiger partial charge in [-0.2, -0.15) is 0 Å². The summed E-state index contributed by atoms with van der Waals surface area (Å²) < 4.78 is 0. The fourth-order valence-corrected chi connectivity index (χ4v) is 2.93. The van der Waals surface area contributed by atoms with Gasteiger partial charge in [0.1, 0.15) is 0 Å². The fraction of sp³-hybridized carbons (Fsp3) is 0.368. The van der Waals surface area contributed by atoms with Gasteiger partial charge in [0, 0.05) is 6.04 Å². The molecule has 0 radical (unpaired) electrons. The monoisotopic (exact) mass is 267 g/mol. The van der Waals surface area contributed by atoms with Crippen LogP contribution in [0, 0.1) is 13.8 Å². The topological polar surface area (TPSA) is 12.0 Å². The van der Waals surface area contributed by atoms with Crippen molar-refractivity contribution in [2.75, 3.05) is 6.54 Å². The number of nitrogens with one attached hydrogen (secondary N) is 1. The van der Waals surface area contributed by atoms with Gasteiger partial charge in [0.25, 0.3) is 0 Å². The third-order valence-electron chi connectivity index (χ3n) is 3.91. The van der Waals surface area contributed by atoms with Crippen LogP contribution in [0.2, 0.25) is 0 Å². The molecule has 0 aliphatic heterocycles. The molecule has 0 aliphatic carbocycles. The highest BCUT2D eigenvalue weighted by molar-refractivity contribution is 5.36. The maximum absolute atomic E-state index is 3.65. The van der Waals surface area contributed by atoms with Crippen LogP contribution in [0.5, 0.6) is 0 Å². The first-order chi connectivity index (χ1) is 9.72. The standard InChI is InChI=1S/C19H25N/c1-4-20-18(14-13-17-11-6-5-7-12-17)19-15(2)9-8-10-16(19)3/h5-12,18,20H,4,13-14H2,1-3H3. The quantitative estimate of drug-likeness (QED) is 0.807. The first kappa shape index (κ1) is 14.8. The van der Waals surface area contributed by atoms with Gasteiger partial charge in [0.05, 0.1) is 0 Å². The Kier molecular flexibility index (Phi) is 5.37. The molecule has 1 heteroatoms. The molecule has 0 aliphatic rings. The number of hydrogen-bond donors (Lipinski definition) is 1. The number of benzene rings is 2. The molecule has 2 rings (SSSR count). The van der Waals surface area contributed by atoms with Gasteiger partial charge in [-0.1, -0.05) is 55.5 Å². The zero-order chi connectivity index (χ0) is 14.4. The lowest BCUT2D eigenvalue weighted by molar-refractivity contribution is 0.511. The Morgan fingerprint density at radius 2 is 1.55 bits per heavy atom. The first-order valence-corrected chi connectivity index (χ1v) is 7.55. The van der Waals surface area contributed by atoms with Gasteiger partial charge in [-0.3, -0.25) is 0 Å². The van der Waals surface area contributed by atoms with Crippen molar-refractivity contribution in [2.45, 2.75) is 39.7 Å². The summed E-state index contributed by atoms with van der Waals surface area (Å²) >= 11 is 0. The molecule has 106 valence electrons. The summed E-state index contributed by atoms with van der Waals surface area (Å²) in [6.45, 7) is 7.63. The van der Waals surface area contributed by atoms with Crippen molar-refractivity contribution in [1.82, 2.24) is 5.32 Å². The van der Waals surface area contributed by atoms with Crippen molar-refractivity contribution < 1.29 is 0 Å². The van der Waals surface area contributed by atoms with E-state index in [1.165, 1.54) is 22.3 Å². The van der Waals surface area contributed by atoms with Gasteiger partial charge in [0.2, 0.25) is 0 Å². The molecule has 0 saturated carbocycles. The second-order valence-corrected chi connectivity index (χ2v) is 5.44. The molecule has 0 aromatic heterocycles. The molecule has 1 N–H and O–H groups in total. The normalized spacial score (nSPS) is 12.3. The number of rotatable bonds is 6. The van der Waals surface area contributed by atoms with E-state index in [-0.39, 0.29) is 0 Å². The Morgan fingerprint density at radius 1 is 0.900 bits per heavy atom. The summed E-state index contributed by atoms with van der Waals surface area (Å²) in [6, 6.07) is 17.8. The van der Waals surface area contributed by atoms with Crippen LogP contribution in [-0.2, 0) is 6.42 Å². The zero-order valence-corrected chi connectivity index (χ0v) is 12.8. The second-order valence-electron chi connectivity index (χ2n) is 5.44. The van der Waals surface area contributed by atoms with Crippen molar-refractivity contribution in [3.63, 3.8) is 0 Å². The van der Waals surface area contributed by atoms with Crippen molar-refractivity contribution >= 4 is 0 Å². The minimum Gasteiger partial charge on any atom is -0.310 e. The summed E-state index contributed by atoms with van der Waals surface area (Å²) in [5.74, 6) is 0. The van der Waals surface area contributed by atoms with Gasteiger partial charge in [-0.15, -0.1) is 0 Å². The Hall–Kier alpha value is -1.60. The van der Waals surface area contributed by atoms with E-state index in [0.29, 0.717) is 6.04 Å². The lowest BCUT2D eigenvalue weighted by Gasteiger charge is -2.22. The van der Waals surface area contributed by atoms with E-state index in [4.69, 9.17) is 0 Å². The molecule has 20 heavy (non-hydrogen) atoms. The highest BCUT2D eigenvalue weighted by Gasteiger charge is 2.14. The SMILES string of the molecule is CCNC(CCc1ccccc1)c1c(C)cccc1C. The summed E-state index contributed by atoms with van der Waals surface area (Å²) in [7, 11) is 0. The molecule has 1 unspecified atom stereocenters. The lowest BCUT2D eigenvalue weighted by Crippen LogP contribution is -2.23. The van der Waals surface area contributed by atoms with Gasteiger partial charge in [0.15, 0.2) is 0 Å². The third kappa shape index (κ3) is 3.71. The van der Waals surface area contributed by atoms with Crippen molar-refractivity contribution in [2.24, 2.45) is 0 Å². The summed E-state index contributed by atoms with van der Waals surface area (Å²) in [4.78, 5) is 0. The molecule has 0 fully saturated rings. The predicted octanol–water partition coefficient (Wildman–Crippen LogP) is 4.59.